The number of aryl methyl sites for hydroxylation is 2. The number of aromatic nitrogens is 2. The van der Waals surface area contributed by atoms with Crippen molar-refractivity contribution in [3.05, 3.63) is 83.2 Å². The normalized spacial score (nSPS) is 12.0. The molecule has 3 rings (SSSR count). The lowest BCUT2D eigenvalue weighted by molar-refractivity contribution is 0.833. The van der Waals surface area contributed by atoms with Gasteiger partial charge in [-0.15, -0.1) is 5.10 Å². The second-order valence-electron chi connectivity index (χ2n) is 5.89. The number of nitrogens with two attached hydrogens (primary N) is 1. The van der Waals surface area contributed by atoms with E-state index < -0.39 is 0 Å². The molecule has 0 unspecified atom stereocenters. The van der Waals surface area contributed by atoms with Gasteiger partial charge in [-0.2, -0.15) is 10.2 Å². The maximum Gasteiger partial charge on any atom is 0.180 e. The molecule has 0 bridgehead atoms. The summed E-state index contributed by atoms with van der Waals surface area (Å²) < 4.78 is 1.92. The summed E-state index contributed by atoms with van der Waals surface area (Å²) in [5.74, 6) is 0.781. The molecule has 0 aliphatic carbocycles. The first kappa shape index (κ1) is 17.9. The SMILES string of the molecule is Cc1cc(C)n(-c2ccc(C=NN=C(N)SCc3ccccc3)cc2)n1. The molecule has 0 saturated heterocycles. The molecule has 132 valence electrons. The first-order valence-corrected chi connectivity index (χ1v) is 9.27. The van der Waals surface area contributed by atoms with E-state index in [1.54, 1.807) is 6.21 Å². The molecule has 0 saturated carbocycles. The van der Waals surface area contributed by atoms with Crippen LogP contribution in [-0.4, -0.2) is 21.2 Å². The van der Waals surface area contributed by atoms with Gasteiger partial charge < -0.3 is 5.73 Å². The summed E-state index contributed by atoms with van der Waals surface area (Å²) >= 11 is 1.47. The van der Waals surface area contributed by atoms with Crippen LogP contribution in [0.3, 0.4) is 0 Å². The smallest absolute Gasteiger partial charge is 0.180 e. The average molecular weight is 363 g/mol. The fraction of sp³-hybridized carbons (Fsp3) is 0.150. The van der Waals surface area contributed by atoms with Crippen LogP contribution in [0.4, 0.5) is 0 Å². The van der Waals surface area contributed by atoms with Crippen molar-refractivity contribution < 1.29 is 0 Å². The first-order valence-electron chi connectivity index (χ1n) is 8.29. The average Bonchev–Trinajstić information content (AvgIpc) is 3.00. The van der Waals surface area contributed by atoms with Crippen LogP contribution < -0.4 is 5.73 Å². The van der Waals surface area contributed by atoms with Crippen molar-refractivity contribution in [2.24, 2.45) is 15.9 Å². The summed E-state index contributed by atoms with van der Waals surface area (Å²) in [6, 6.07) is 20.2. The third-order valence-corrected chi connectivity index (χ3v) is 4.59. The molecule has 5 nitrogen and oxygen atoms in total. The van der Waals surface area contributed by atoms with E-state index in [1.807, 2.05) is 61.0 Å². The van der Waals surface area contributed by atoms with Crippen molar-refractivity contribution in [1.82, 2.24) is 9.78 Å². The number of nitrogens with zero attached hydrogens (tertiary/aromatic N) is 4. The van der Waals surface area contributed by atoms with Crippen LogP contribution in [0, 0.1) is 13.8 Å². The first-order chi connectivity index (χ1) is 12.6. The minimum atomic E-state index is 0.448. The van der Waals surface area contributed by atoms with E-state index >= 15 is 0 Å². The van der Waals surface area contributed by atoms with Gasteiger partial charge in [-0.05, 0) is 43.2 Å². The monoisotopic (exact) mass is 363 g/mol. The van der Waals surface area contributed by atoms with Gasteiger partial charge in [0.15, 0.2) is 5.17 Å². The number of benzene rings is 2. The highest BCUT2D eigenvalue weighted by molar-refractivity contribution is 8.13. The Bertz CT molecular complexity index is 911. The van der Waals surface area contributed by atoms with E-state index in [0.29, 0.717) is 5.17 Å². The van der Waals surface area contributed by atoms with Gasteiger partial charge in [0.1, 0.15) is 0 Å². The van der Waals surface area contributed by atoms with Crippen LogP contribution >= 0.6 is 11.8 Å². The summed E-state index contributed by atoms with van der Waals surface area (Å²) in [5, 5.41) is 13.0. The Morgan fingerprint density at radius 1 is 1.12 bits per heavy atom. The molecule has 1 aromatic heterocycles. The second kappa shape index (κ2) is 8.49. The van der Waals surface area contributed by atoms with Gasteiger partial charge in [0.25, 0.3) is 0 Å². The second-order valence-corrected chi connectivity index (χ2v) is 6.88. The largest absolute Gasteiger partial charge is 0.377 e. The van der Waals surface area contributed by atoms with Crippen molar-refractivity contribution in [3.8, 4) is 5.69 Å². The van der Waals surface area contributed by atoms with Crippen molar-refractivity contribution in [2.75, 3.05) is 0 Å². The number of rotatable bonds is 5. The van der Waals surface area contributed by atoms with Crippen LogP contribution in [-0.2, 0) is 5.75 Å². The lowest BCUT2D eigenvalue weighted by Gasteiger charge is -2.04. The van der Waals surface area contributed by atoms with Gasteiger partial charge in [0.2, 0.25) is 0 Å². The third kappa shape index (κ3) is 4.83. The molecule has 0 spiro atoms. The molecular weight excluding hydrogens is 342 g/mol. The summed E-state index contributed by atoms with van der Waals surface area (Å²) in [5.41, 5.74) is 11.2. The topological polar surface area (TPSA) is 68.6 Å². The fourth-order valence-corrected chi connectivity index (χ4v) is 3.12. The summed E-state index contributed by atoms with van der Waals surface area (Å²) in [7, 11) is 0. The zero-order chi connectivity index (χ0) is 18.4. The summed E-state index contributed by atoms with van der Waals surface area (Å²) in [4.78, 5) is 0. The number of hydrogen-bond acceptors (Lipinski definition) is 4. The summed E-state index contributed by atoms with van der Waals surface area (Å²) in [6.07, 6.45) is 1.70. The molecule has 1 heterocycles. The van der Waals surface area contributed by atoms with E-state index in [4.69, 9.17) is 5.73 Å². The van der Waals surface area contributed by atoms with E-state index in [1.165, 1.54) is 17.3 Å². The maximum absolute atomic E-state index is 5.89. The third-order valence-electron chi connectivity index (χ3n) is 3.74. The van der Waals surface area contributed by atoms with Gasteiger partial charge in [0, 0.05) is 11.4 Å². The van der Waals surface area contributed by atoms with Gasteiger partial charge in [-0.3, -0.25) is 0 Å². The molecule has 0 aliphatic rings. The molecule has 6 heteroatoms. The number of thioether (sulfide) groups is 1. The maximum atomic E-state index is 5.89. The standard InChI is InChI=1S/C20H21N5S/c1-15-12-16(2)25(24-15)19-10-8-17(9-11-19)13-22-23-20(21)26-14-18-6-4-3-5-7-18/h3-13H,14H2,1-2H3,(H2,21,23). The van der Waals surface area contributed by atoms with Crippen molar-refractivity contribution in [2.45, 2.75) is 19.6 Å². The van der Waals surface area contributed by atoms with E-state index in [9.17, 15) is 0 Å². The van der Waals surface area contributed by atoms with Gasteiger partial charge >= 0.3 is 0 Å². The van der Waals surface area contributed by atoms with Crippen molar-refractivity contribution in [1.29, 1.82) is 0 Å². The molecule has 2 aromatic carbocycles. The Kier molecular flexibility index (Phi) is 5.86. The van der Waals surface area contributed by atoms with Gasteiger partial charge in [0.05, 0.1) is 17.6 Å². The van der Waals surface area contributed by atoms with Crippen LogP contribution in [0.1, 0.15) is 22.5 Å². The Labute approximate surface area is 157 Å². The predicted octanol–water partition coefficient (Wildman–Crippen LogP) is 4.07. The Morgan fingerprint density at radius 2 is 1.85 bits per heavy atom. The highest BCUT2D eigenvalue weighted by Crippen LogP contribution is 2.13. The lowest BCUT2D eigenvalue weighted by Crippen LogP contribution is -2.06. The Balaban J connectivity index is 1.59. The van der Waals surface area contributed by atoms with E-state index in [-0.39, 0.29) is 0 Å². The zero-order valence-corrected chi connectivity index (χ0v) is 15.6. The molecule has 3 aromatic rings. The summed E-state index contributed by atoms with van der Waals surface area (Å²) in [6.45, 7) is 4.03. The van der Waals surface area contributed by atoms with Crippen LogP contribution in [0.2, 0.25) is 0 Å². The van der Waals surface area contributed by atoms with Crippen LogP contribution in [0.25, 0.3) is 5.69 Å². The number of amidine groups is 1. The van der Waals surface area contributed by atoms with E-state index in [2.05, 4.69) is 33.5 Å². The minimum Gasteiger partial charge on any atom is -0.377 e. The molecule has 0 radical (unpaired) electrons. The number of hydrogen-bond donors (Lipinski definition) is 1. The molecule has 0 atom stereocenters. The minimum absolute atomic E-state index is 0.448. The van der Waals surface area contributed by atoms with Gasteiger partial charge in [-0.25, -0.2) is 4.68 Å². The highest BCUT2D eigenvalue weighted by atomic mass is 32.2. The Hall–Kier alpha value is -2.86. The van der Waals surface area contributed by atoms with Crippen LogP contribution in [0.5, 0.6) is 0 Å². The van der Waals surface area contributed by atoms with Crippen molar-refractivity contribution in [3.63, 3.8) is 0 Å². The quantitative estimate of drug-likeness (QED) is 0.422. The molecule has 0 aliphatic heterocycles. The molecular formula is C20H21N5S. The van der Waals surface area contributed by atoms with Crippen molar-refractivity contribution >= 4 is 23.1 Å². The molecule has 26 heavy (non-hydrogen) atoms. The van der Waals surface area contributed by atoms with Gasteiger partial charge in [-0.1, -0.05) is 54.2 Å². The zero-order valence-electron chi connectivity index (χ0n) is 14.8. The lowest BCUT2D eigenvalue weighted by atomic mass is 10.2. The van der Waals surface area contributed by atoms with E-state index in [0.717, 1.165) is 28.4 Å². The van der Waals surface area contributed by atoms with Crippen LogP contribution in [0.15, 0.2) is 70.9 Å². The molecule has 2 N–H and O–H groups in total. The fourth-order valence-electron chi connectivity index (χ4n) is 2.50. The highest BCUT2D eigenvalue weighted by Gasteiger charge is 2.03. The molecule has 0 fully saturated rings. The predicted molar refractivity (Wildman–Crippen MR) is 110 cm³/mol. The Morgan fingerprint density at radius 3 is 2.50 bits per heavy atom. The molecule has 0 amide bonds.